The maximum atomic E-state index is 11.2. The zero-order valence-corrected chi connectivity index (χ0v) is 10.4. The molecule has 0 amide bonds. The highest BCUT2D eigenvalue weighted by molar-refractivity contribution is 5.69. The van der Waals surface area contributed by atoms with Crippen LogP contribution in [0, 0.1) is 0 Å². The van der Waals surface area contributed by atoms with Crippen LogP contribution >= 0.6 is 0 Å². The summed E-state index contributed by atoms with van der Waals surface area (Å²) in [6.45, 7) is 6.43. The lowest BCUT2D eigenvalue weighted by atomic mass is 10.3. The van der Waals surface area contributed by atoms with E-state index in [0.29, 0.717) is 19.6 Å². The summed E-state index contributed by atoms with van der Waals surface area (Å²) in [6, 6.07) is 0. The van der Waals surface area contributed by atoms with Gasteiger partial charge in [-0.1, -0.05) is 0 Å². The molecule has 16 heavy (non-hydrogen) atoms. The van der Waals surface area contributed by atoms with E-state index in [1.165, 1.54) is 0 Å². The summed E-state index contributed by atoms with van der Waals surface area (Å²) >= 11 is 0. The SMILES string of the molecule is CNCCC(=O)OCCN1CCN(C)CC1. The first kappa shape index (κ1) is 13.4. The highest BCUT2D eigenvalue weighted by Crippen LogP contribution is 1.98. The fraction of sp³-hybridized carbons (Fsp3) is 0.909. The number of hydrogen-bond acceptors (Lipinski definition) is 5. The van der Waals surface area contributed by atoms with E-state index in [1.807, 2.05) is 7.05 Å². The third-order valence-electron chi connectivity index (χ3n) is 2.85. The number of nitrogens with one attached hydrogen (secondary N) is 1. The molecule has 1 aliphatic heterocycles. The molecule has 94 valence electrons. The molecule has 5 nitrogen and oxygen atoms in total. The van der Waals surface area contributed by atoms with E-state index in [1.54, 1.807) is 0 Å². The molecule has 0 aromatic heterocycles. The van der Waals surface area contributed by atoms with E-state index in [0.717, 1.165) is 32.7 Å². The molecule has 0 aromatic rings. The lowest BCUT2D eigenvalue weighted by molar-refractivity contribution is -0.144. The average Bonchev–Trinajstić information content (AvgIpc) is 2.29. The molecule has 1 heterocycles. The molecule has 0 saturated carbocycles. The summed E-state index contributed by atoms with van der Waals surface area (Å²) in [7, 11) is 3.96. The fourth-order valence-corrected chi connectivity index (χ4v) is 1.66. The van der Waals surface area contributed by atoms with Crippen LogP contribution in [0.25, 0.3) is 0 Å². The van der Waals surface area contributed by atoms with Crippen LogP contribution in [0.15, 0.2) is 0 Å². The van der Waals surface area contributed by atoms with E-state index >= 15 is 0 Å². The lowest BCUT2D eigenvalue weighted by Gasteiger charge is -2.32. The van der Waals surface area contributed by atoms with Crippen molar-refractivity contribution in [2.75, 3.05) is 60.0 Å². The maximum absolute atomic E-state index is 11.2. The zero-order valence-electron chi connectivity index (χ0n) is 10.4. The number of rotatable bonds is 6. The number of carbonyl (C=O) groups excluding carboxylic acids is 1. The van der Waals surface area contributed by atoms with E-state index in [9.17, 15) is 4.79 Å². The summed E-state index contributed by atoms with van der Waals surface area (Å²) in [5.74, 6) is -0.108. The highest BCUT2D eigenvalue weighted by Gasteiger charge is 2.13. The van der Waals surface area contributed by atoms with Gasteiger partial charge < -0.3 is 15.0 Å². The summed E-state index contributed by atoms with van der Waals surface area (Å²) < 4.78 is 5.14. The Bertz CT molecular complexity index is 203. The third kappa shape index (κ3) is 5.44. The molecule has 1 aliphatic rings. The van der Waals surface area contributed by atoms with Gasteiger partial charge in [-0.3, -0.25) is 9.69 Å². The summed E-state index contributed by atoms with van der Waals surface area (Å²) in [5.41, 5.74) is 0. The fourth-order valence-electron chi connectivity index (χ4n) is 1.66. The topological polar surface area (TPSA) is 44.8 Å². The first-order valence-electron chi connectivity index (χ1n) is 5.93. The average molecular weight is 229 g/mol. The van der Waals surface area contributed by atoms with Gasteiger partial charge in [0.05, 0.1) is 6.42 Å². The normalized spacial score (nSPS) is 18.6. The standard InChI is InChI=1S/C11H23N3O2/c1-12-4-3-11(15)16-10-9-14-7-5-13(2)6-8-14/h12H,3-10H2,1-2H3. The number of nitrogens with zero attached hydrogens (tertiary/aromatic N) is 2. The van der Waals surface area contributed by atoms with E-state index in [4.69, 9.17) is 4.74 Å². The summed E-state index contributed by atoms with van der Waals surface area (Å²) in [5, 5.41) is 2.93. The second kappa shape index (κ2) is 7.60. The minimum absolute atomic E-state index is 0.108. The van der Waals surface area contributed by atoms with Crippen molar-refractivity contribution >= 4 is 5.97 Å². The van der Waals surface area contributed by atoms with Crippen LogP contribution < -0.4 is 5.32 Å². The largest absolute Gasteiger partial charge is 0.464 e. The molecular formula is C11H23N3O2. The Balaban J connectivity index is 2.00. The van der Waals surface area contributed by atoms with E-state index in [2.05, 4.69) is 22.2 Å². The van der Waals surface area contributed by atoms with Gasteiger partial charge in [0.1, 0.15) is 6.61 Å². The van der Waals surface area contributed by atoms with Gasteiger partial charge in [0.2, 0.25) is 0 Å². The Morgan fingerprint density at radius 2 is 2.00 bits per heavy atom. The van der Waals surface area contributed by atoms with Crippen molar-refractivity contribution in [3.63, 3.8) is 0 Å². The Morgan fingerprint density at radius 1 is 1.31 bits per heavy atom. The van der Waals surface area contributed by atoms with Crippen LogP contribution in [0.1, 0.15) is 6.42 Å². The van der Waals surface area contributed by atoms with Crippen molar-refractivity contribution in [3.05, 3.63) is 0 Å². The second-order valence-electron chi connectivity index (χ2n) is 4.22. The Hall–Kier alpha value is -0.650. The number of esters is 1. The van der Waals surface area contributed by atoms with Crippen molar-refractivity contribution in [2.45, 2.75) is 6.42 Å². The van der Waals surface area contributed by atoms with Gasteiger partial charge in [0, 0.05) is 39.3 Å². The number of hydrogen-bond donors (Lipinski definition) is 1. The van der Waals surface area contributed by atoms with Crippen LogP contribution in [0.3, 0.4) is 0 Å². The number of likely N-dealkylation sites (N-methyl/N-ethyl adjacent to an activating group) is 1. The quantitative estimate of drug-likeness (QED) is 0.615. The Labute approximate surface area is 97.7 Å². The van der Waals surface area contributed by atoms with Crippen LogP contribution in [0.4, 0.5) is 0 Å². The predicted octanol–water partition coefficient (Wildman–Crippen LogP) is -0.613. The minimum Gasteiger partial charge on any atom is -0.464 e. The highest BCUT2D eigenvalue weighted by atomic mass is 16.5. The van der Waals surface area contributed by atoms with Crippen LogP contribution in [-0.2, 0) is 9.53 Å². The number of piperazine rings is 1. The molecule has 1 rings (SSSR count). The summed E-state index contributed by atoms with van der Waals surface area (Å²) in [6.07, 6.45) is 0.458. The van der Waals surface area contributed by atoms with Crippen LogP contribution in [0.2, 0.25) is 0 Å². The van der Waals surface area contributed by atoms with Crippen molar-refractivity contribution in [2.24, 2.45) is 0 Å². The first-order chi connectivity index (χ1) is 7.72. The molecule has 0 unspecified atom stereocenters. The molecule has 1 N–H and O–H groups in total. The Morgan fingerprint density at radius 3 is 2.62 bits per heavy atom. The van der Waals surface area contributed by atoms with Gasteiger partial charge in [-0.15, -0.1) is 0 Å². The minimum atomic E-state index is -0.108. The Kier molecular flexibility index (Phi) is 6.37. The van der Waals surface area contributed by atoms with Gasteiger partial charge in [0.25, 0.3) is 0 Å². The van der Waals surface area contributed by atoms with E-state index < -0.39 is 0 Å². The predicted molar refractivity (Wildman–Crippen MR) is 63.4 cm³/mol. The van der Waals surface area contributed by atoms with Crippen molar-refractivity contribution in [1.29, 1.82) is 0 Å². The number of carbonyl (C=O) groups is 1. The molecule has 0 atom stereocenters. The molecular weight excluding hydrogens is 206 g/mol. The molecule has 1 fully saturated rings. The van der Waals surface area contributed by atoms with Crippen molar-refractivity contribution < 1.29 is 9.53 Å². The molecule has 0 radical (unpaired) electrons. The van der Waals surface area contributed by atoms with Crippen molar-refractivity contribution in [1.82, 2.24) is 15.1 Å². The summed E-state index contributed by atoms with van der Waals surface area (Å²) in [4.78, 5) is 15.9. The van der Waals surface area contributed by atoms with Gasteiger partial charge >= 0.3 is 5.97 Å². The smallest absolute Gasteiger partial charge is 0.307 e. The van der Waals surface area contributed by atoms with Gasteiger partial charge in [-0.2, -0.15) is 0 Å². The van der Waals surface area contributed by atoms with Gasteiger partial charge in [0.15, 0.2) is 0 Å². The second-order valence-corrected chi connectivity index (χ2v) is 4.22. The van der Waals surface area contributed by atoms with Crippen LogP contribution in [-0.4, -0.2) is 75.7 Å². The molecule has 5 heteroatoms. The van der Waals surface area contributed by atoms with Crippen LogP contribution in [0.5, 0.6) is 0 Å². The molecule has 0 aliphatic carbocycles. The molecule has 0 spiro atoms. The van der Waals surface area contributed by atoms with Gasteiger partial charge in [-0.25, -0.2) is 0 Å². The first-order valence-corrected chi connectivity index (χ1v) is 5.93. The molecule has 0 aromatic carbocycles. The monoisotopic (exact) mass is 229 g/mol. The number of ether oxygens (including phenoxy) is 1. The zero-order chi connectivity index (χ0) is 11.8. The maximum Gasteiger partial charge on any atom is 0.307 e. The molecule has 1 saturated heterocycles. The molecule has 0 bridgehead atoms. The third-order valence-corrected chi connectivity index (χ3v) is 2.85. The lowest BCUT2D eigenvalue weighted by Crippen LogP contribution is -2.45. The van der Waals surface area contributed by atoms with E-state index in [-0.39, 0.29) is 5.97 Å². The van der Waals surface area contributed by atoms with Gasteiger partial charge in [-0.05, 0) is 14.1 Å². The van der Waals surface area contributed by atoms with Crippen molar-refractivity contribution in [3.8, 4) is 0 Å².